The van der Waals surface area contributed by atoms with Gasteiger partial charge in [-0.15, -0.1) is 5.10 Å². The molecule has 0 aliphatic carbocycles. The van der Waals surface area contributed by atoms with Crippen LogP contribution in [0.3, 0.4) is 0 Å². The highest BCUT2D eigenvalue weighted by molar-refractivity contribution is 7.91. The number of hydrogen-bond donors (Lipinski definition) is 0. The molecule has 0 fully saturated rings. The summed E-state index contributed by atoms with van der Waals surface area (Å²) in [6.07, 6.45) is 5.62. The molecule has 0 N–H and O–H groups in total. The average Bonchev–Trinajstić information content (AvgIpc) is 3.21. The lowest BCUT2D eigenvalue weighted by molar-refractivity contribution is 0.592. The number of fused-ring (bicyclic) bond motifs is 3. The third-order valence-corrected chi connectivity index (χ3v) is 5.42. The number of hydrogen-bond acceptors (Lipinski definition) is 5. The molecule has 0 bridgehead atoms. The molecule has 0 saturated carbocycles. The lowest BCUT2D eigenvalue weighted by Crippen LogP contribution is -2.04. The van der Waals surface area contributed by atoms with Gasteiger partial charge in [0.15, 0.2) is 5.65 Å². The lowest BCUT2D eigenvalue weighted by Gasteiger charge is -2.02. The van der Waals surface area contributed by atoms with Gasteiger partial charge in [0.05, 0.1) is 10.4 Å². The SMILES string of the molecule is C/C=C\C.CC.O=S(=O)(c1ccccc1)c1nnn2c1ncc1ccccc12. The van der Waals surface area contributed by atoms with Crippen LogP contribution in [0.2, 0.25) is 0 Å². The first-order valence-corrected chi connectivity index (χ1v) is 10.5. The molecule has 146 valence electrons. The minimum atomic E-state index is -3.75. The third-order valence-electron chi connectivity index (χ3n) is 3.75. The van der Waals surface area contributed by atoms with Gasteiger partial charge in [0.1, 0.15) is 0 Å². The predicted molar refractivity (Wildman–Crippen MR) is 112 cm³/mol. The lowest BCUT2D eigenvalue weighted by atomic mass is 10.2. The van der Waals surface area contributed by atoms with Gasteiger partial charge in [0, 0.05) is 11.6 Å². The zero-order valence-corrected chi connectivity index (χ0v) is 17.3. The maximum atomic E-state index is 12.7. The van der Waals surface area contributed by atoms with E-state index in [0.717, 1.165) is 10.9 Å². The summed E-state index contributed by atoms with van der Waals surface area (Å²) in [6, 6.07) is 15.6. The van der Waals surface area contributed by atoms with Crippen molar-refractivity contribution in [3.8, 4) is 0 Å². The Kier molecular flexibility index (Phi) is 7.40. The fraction of sp³-hybridized carbons (Fsp3) is 0.190. The van der Waals surface area contributed by atoms with E-state index >= 15 is 0 Å². The number of para-hydroxylation sites is 1. The Morgan fingerprint density at radius 2 is 1.50 bits per heavy atom. The molecular weight excluding hydrogens is 372 g/mol. The third kappa shape index (κ3) is 4.26. The van der Waals surface area contributed by atoms with Gasteiger partial charge >= 0.3 is 0 Å². The van der Waals surface area contributed by atoms with Crippen LogP contribution in [0.15, 0.2) is 82.9 Å². The molecule has 4 rings (SSSR count). The summed E-state index contributed by atoms with van der Waals surface area (Å²) < 4.78 is 26.8. The van der Waals surface area contributed by atoms with E-state index in [9.17, 15) is 8.42 Å². The van der Waals surface area contributed by atoms with Crippen LogP contribution in [0.4, 0.5) is 0 Å². The van der Waals surface area contributed by atoms with Crippen LogP contribution >= 0.6 is 0 Å². The largest absolute Gasteiger partial charge is 0.234 e. The molecule has 2 heterocycles. The summed E-state index contributed by atoms with van der Waals surface area (Å²) in [7, 11) is -3.75. The van der Waals surface area contributed by atoms with Crippen LogP contribution in [0.1, 0.15) is 27.7 Å². The number of sulfone groups is 1. The molecule has 28 heavy (non-hydrogen) atoms. The molecule has 0 unspecified atom stereocenters. The van der Waals surface area contributed by atoms with Crippen molar-refractivity contribution < 1.29 is 8.42 Å². The molecular formula is C21H24N4O2S. The van der Waals surface area contributed by atoms with E-state index in [1.807, 2.05) is 64.1 Å². The number of rotatable bonds is 2. The van der Waals surface area contributed by atoms with Crippen molar-refractivity contribution >= 4 is 26.4 Å². The molecule has 7 heteroatoms. The van der Waals surface area contributed by atoms with Gasteiger partial charge in [-0.05, 0) is 32.0 Å². The van der Waals surface area contributed by atoms with E-state index in [2.05, 4.69) is 15.3 Å². The van der Waals surface area contributed by atoms with E-state index < -0.39 is 9.84 Å². The topological polar surface area (TPSA) is 77.2 Å². The van der Waals surface area contributed by atoms with E-state index in [-0.39, 0.29) is 15.6 Å². The van der Waals surface area contributed by atoms with Crippen LogP contribution in [-0.4, -0.2) is 28.2 Å². The standard InChI is InChI=1S/C15H10N4O2S.C4H8.C2H6/c20-22(21,12-7-2-1-3-8-12)15-14-16-10-11-6-4-5-9-13(11)19(14)18-17-15;1-3-4-2;1-2/h1-10H;3-4H,1-2H3;1-2H3/b;4-3-;. The maximum Gasteiger partial charge on any atom is 0.229 e. The van der Waals surface area contributed by atoms with Gasteiger partial charge in [-0.25, -0.2) is 13.4 Å². The van der Waals surface area contributed by atoms with E-state index in [1.165, 1.54) is 16.6 Å². The van der Waals surface area contributed by atoms with Gasteiger partial charge in [0.2, 0.25) is 14.9 Å². The summed E-state index contributed by atoms with van der Waals surface area (Å²) >= 11 is 0. The molecule has 0 amide bonds. The average molecular weight is 397 g/mol. The second kappa shape index (κ2) is 9.75. The van der Waals surface area contributed by atoms with Crippen LogP contribution < -0.4 is 0 Å². The van der Waals surface area contributed by atoms with Crippen molar-refractivity contribution in [1.82, 2.24) is 19.8 Å². The zero-order chi connectivity index (χ0) is 20.6. The second-order valence-corrected chi connectivity index (χ2v) is 7.30. The van der Waals surface area contributed by atoms with Crippen molar-refractivity contribution in [2.75, 3.05) is 0 Å². The van der Waals surface area contributed by atoms with Crippen LogP contribution in [0.5, 0.6) is 0 Å². The first-order chi connectivity index (χ1) is 13.6. The fourth-order valence-corrected chi connectivity index (χ4v) is 3.60. The Hall–Kier alpha value is -3.06. The Bertz CT molecular complexity index is 1160. The molecule has 0 saturated heterocycles. The second-order valence-electron chi connectivity index (χ2n) is 5.43. The molecule has 4 aromatic rings. The molecule has 2 aromatic carbocycles. The number of allylic oxidation sites excluding steroid dienone is 2. The molecule has 0 radical (unpaired) electrons. The van der Waals surface area contributed by atoms with Crippen LogP contribution in [0.25, 0.3) is 16.6 Å². The number of nitrogens with zero attached hydrogens (tertiary/aromatic N) is 4. The fourth-order valence-electron chi connectivity index (χ4n) is 2.34. The van der Waals surface area contributed by atoms with E-state index in [1.54, 1.807) is 24.4 Å². The van der Waals surface area contributed by atoms with E-state index in [4.69, 9.17) is 0 Å². The minimum Gasteiger partial charge on any atom is -0.234 e. The van der Waals surface area contributed by atoms with Gasteiger partial charge < -0.3 is 0 Å². The highest BCUT2D eigenvalue weighted by atomic mass is 32.2. The summed E-state index contributed by atoms with van der Waals surface area (Å²) in [4.78, 5) is 4.39. The van der Waals surface area contributed by atoms with Gasteiger partial charge in [-0.3, -0.25) is 0 Å². The highest BCUT2D eigenvalue weighted by Gasteiger charge is 2.25. The molecule has 0 aliphatic heterocycles. The van der Waals surface area contributed by atoms with Gasteiger partial charge in [0.25, 0.3) is 0 Å². The molecule has 2 aromatic heterocycles. The smallest absolute Gasteiger partial charge is 0.229 e. The predicted octanol–water partition coefficient (Wildman–Crippen LogP) is 4.72. The number of aromatic nitrogens is 4. The molecule has 6 nitrogen and oxygen atoms in total. The Balaban J connectivity index is 0.000000419. The van der Waals surface area contributed by atoms with Crippen molar-refractivity contribution in [1.29, 1.82) is 0 Å². The summed E-state index contributed by atoms with van der Waals surface area (Å²) in [5.74, 6) is 0. The Labute approximate surface area is 165 Å². The quantitative estimate of drug-likeness (QED) is 0.458. The van der Waals surface area contributed by atoms with Crippen molar-refractivity contribution in [2.24, 2.45) is 0 Å². The highest BCUT2D eigenvalue weighted by Crippen LogP contribution is 2.23. The van der Waals surface area contributed by atoms with Crippen LogP contribution in [-0.2, 0) is 9.84 Å². The molecule has 0 atom stereocenters. The van der Waals surface area contributed by atoms with E-state index in [0.29, 0.717) is 0 Å². The normalized spacial score (nSPS) is 11.0. The number of benzene rings is 2. The first kappa shape index (κ1) is 21.2. The summed E-state index contributed by atoms with van der Waals surface area (Å²) in [6.45, 7) is 8.00. The Morgan fingerprint density at radius 3 is 2.14 bits per heavy atom. The monoisotopic (exact) mass is 396 g/mol. The van der Waals surface area contributed by atoms with Gasteiger partial charge in [-0.2, -0.15) is 4.52 Å². The molecule has 0 spiro atoms. The molecule has 0 aliphatic rings. The van der Waals surface area contributed by atoms with Crippen molar-refractivity contribution in [2.45, 2.75) is 37.6 Å². The maximum absolute atomic E-state index is 12.7. The summed E-state index contributed by atoms with van der Waals surface area (Å²) in [5, 5.41) is 8.55. The summed E-state index contributed by atoms with van der Waals surface area (Å²) in [5.41, 5.74) is 0.983. The van der Waals surface area contributed by atoms with Gasteiger partial charge in [-0.1, -0.05) is 67.6 Å². The van der Waals surface area contributed by atoms with Crippen LogP contribution in [0, 0.1) is 0 Å². The first-order valence-electron chi connectivity index (χ1n) is 9.06. The zero-order valence-electron chi connectivity index (χ0n) is 16.4. The Morgan fingerprint density at radius 1 is 0.893 bits per heavy atom. The van der Waals surface area contributed by atoms with Crippen molar-refractivity contribution in [3.63, 3.8) is 0 Å². The van der Waals surface area contributed by atoms with Crippen molar-refractivity contribution in [3.05, 3.63) is 72.9 Å². The minimum absolute atomic E-state index is 0.135.